The Kier molecular flexibility index (Phi) is 4.48. The van der Waals surface area contributed by atoms with Gasteiger partial charge < -0.3 is 19.5 Å². The largest absolute Gasteiger partial charge is 0.450 e. The van der Waals surface area contributed by atoms with E-state index in [1.807, 2.05) is 31.2 Å². The molecule has 1 saturated heterocycles. The number of rotatable bonds is 3. The number of carbonyl (C=O) groups excluding carboxylic acids is 1. The van der Waals surface area contributed by atoms with E-state index in [1.54, 1.807) is 4.90 Å². The van der Waals surface area contributed by atoms with Crippen molar-refractivity contribution in [3.8, 4) is 11.4 Å². The molecule has 6 nitrogen and oxygen atoms in total. The van der Waals surface area contributed by atoms with E-state index in [9.17, 15) is 4.79 Å². The van der Waals surface area contributed by atoms with Crippen molar-refractivity contribution < 1.29 is 9.53 Å². The van der Waals surface area contributed by atoms with Gasteiger partial charge in [0.1, 0.15) is 5.82 Å². The molecular formula is C20H22N4O2. The Morgan fingerprint density at radius 2 is 1.92 bits per heavy atom. The van der Waals surface area contributed by atoms with E-state index < -0.39 is 0 Å². The van der Waals surface area contributed by atoms with Crippen LogP contribution in [0.25, 0.3) is 22.4 Å². The number of H-pyrrole nitrogens is 1. The summed E-state index contributed by atoms with van der Waals surface area (Å²) >= 11 is 0. The van der Waals surface area contributed by atoms with Gasteiger partial charge in [0.25, 0.3) is 0 Å². The van der Waals surface area contributed by atoms with Crippen LogP contribution in [0.15, 0.2) is 48.5 Å². The molecule has 26 heavy (non-hydrogen) atoms. The van der Waals surface area contributed by atoms with Gasteiger partial charge in [0.05, 0.1) is 17.6 Å². The third-order valence-electron chi connectivity index (χ3n) is 4.68. The highest BCUT2D eigenvalue weighted by molar-refractivity contribution is 5.79. The number of piperazine rings is 1. The molecule has 0 spiro atoms. The molecule has 134 valence electrons. The van der Waals surface area contributed by atoms with Crippen molar-refractivity contribution in [2.75, 3.05) is 37.7 Å². The molecule has 1 N–H and O–H groups in total. The summed E-state index contributed by atoms with van der Waals surface area (Å²) in [6, 6.07) is 16.4. The second-order valence-electron chi connectivity index (χ2n) is 6.33. The minimum Gasteiger partial charge on any atom is -0.450 e. The maximum Gasteiger partial charge on any atom is 0.409 e. The van der Waals surface area contributed by atoms with Crippen LogP contribution in [0.5, 0.6) is 0 Å². The van der Waals surface area contributed by atoms with Gasteiger partial charge >= 0.3 is 6.09 Å². The molecule has 3 aromatic rings. The van der Waals surface area contributed by atoms with Gasteiger partial charge in [0, 0.05) is 37.4 Å². The Labute approximate surface area is 152 Å². The fraction of sp³-hybridized carbons (Fsp3) is 0.300. The van der Waals surface area contributed by atoms with Crippen LogP contribution in [-0.2, 0) is 4.74 Å². The summed E-state index contributed by atoms with van der Waals surface area (Å²) in [5.74, 6) is 0.873. The lowest BCUT2D eigenvalue weighted by Crippen LogP contribution is -2.49. The zero-order chi connectivity index (χ0) is 17.9. The van der Waals surface area contributed by atoms with Crippen LogP contribution in [0.1, 0.15) is 6.92 Å². The van der Waals surface area contributed by atoms with E-state index in [4.69, 9.17) is 4.74 Å². The molecule has 1 fully saturated rings. The molecular weight excluding hydrogens is 328 g/mol. The Morgan fingerprint density at radius 3 is 2.69 bits per heavy atom. The monoisotopic (exact) mass is 350 g/mol. The molecule has 1 aliphatic heterocycles. The first-order valence-corrected chi connectivity index (χ1v) is 8.96. The summed E-state index contributed by atoms with van der Waals surface area (Å²) in [5.41, 5.74) is 4.21. The average molecular weight is 350 g/mol. The molecule has 0 saturated carbocycles. The normalized spacial score (nSPS) is 14.7. The zero-order valence-corrected chi connectivity index (χ0v) is 14.8. The van der Waals surface area contributed by atoms with Crippen LogP contribution in [0, 0.1) is 0 Å². The average Bonchev–Trinajstić information content (AvgIpc) is 3.13. The smallest absolute Gasteiger partial charge is 0.409 e. The maximum atomic E-state index is 11.8. The van der Waals surface area contributed by atoms with Crippen molar-refractivity contribution in [1.82, 2.24) is 14.9 Å². The van der Waals surface area contributed by atoms with E-state index in [2.05, 4.69) is 39.1 Å². The van der Waals surface area contributed by atoms with Crippen molar-refractivity contribution in [3.63, 3.8) is 0 Å². The first kappa shape index (κ1) is 16.4. The van der Waals surface area contributed by atoms with Gasteiger partial charge in [0.2, 0.25) is 0 Å². The van der Waals surface area contributed by atoms with Gasteiger partial charge in [-0.3, -0.25) is 0 Å². The van der Waals surface area contributed by atoms with E-state index in [0.717, 1.165) is 41.2 Å². The number of para-hydroxylation sites is 2. The van der Waals surface area contributed by atoms with Crippen molar-refractivity contribution >= 4 is 22.8 Å². The number of aromatic amines is 1. The predicted octanol–water partition coefficient (Wildman–Crippen LogP) is 3.51. The van der Waals surface area contributed by atoms with Crippen LogP contribution >= 0.6 is 0 Å². The number of amides is 1. The molecule has 0 bridgehead atoms. The number of anilines is 1. The van der Waals surface area contributed by atoms with E-state index >= 15 is 0 Å². The van der Waals surface area contributed by atoms with Gasteiger partial charge in [-0.15, -0.1) is 0 Å². The van der Waals surface area contributed by atoms with E-state index in [-0.39, 0.29) is 6.09 Å². The lowest BCUT2D eigenvalue weighted by Gasteiger charge is -2.35. The van der Waals surface area contributed by atoms with Crippen molar-refractivity contribution in [2.24, 2.45) is 0 Å². The SMILES string of the molecule is CCOC(=O)N1CCN(c2cccc(-c3nc4ccccc4[nH]3)c2)CC1. The lowest BCUT2D eigenvalue weighted by molar-refractivity contribution is 0.105. The number of nitrogens with zero attached hydrogens (tertiary/aromatic N) is 3. The number of carbonyl (C=O) groups is 1. The van der Waals surface area contributed by atoms with Gasteiger partial charge in [-0.25, -0.2) is 9.78 Å². The molecule has 0 unspecified atom stereocenters. The maximum absolute atomic E-state index is 11.8. The summed E-state index contributed by atoms with van der Waals surface area (Å²) < 4.78 is 5.08. The van der Waals surface area contributed by atoms with Gasteiger partial charge in [-0.1, -0.05) is 24.3 Å². The standard InChI is InChI=1S/C20H22N4O2/c1-2-26-20(25)24-12-10-23(11-13-24)16-7-5-6-15(14-16)19-21-17-8-3-4-9-18(17)22-19/h3-9,14H,2,10-13H2,1H3,(H,21,22). The topological polar surface area (TPSA) is 61.5 Å². The number of nitrogens with one attached hydrogen (secondary N) is 1. The van der Waals surface area contributed by atoms with Crippen LogP contribution in [0.2, 0.25) is 0 Å². The van der Waals surface area contributed by atoms with Crippen molar-refractivity contribution in [1.29, 1.82) is 0 Å². The molecule has 2 aromatic carbocycles. The van der Waals surface area contributed by atoms with Crippen LogP contribution in [0.4, 0.5) is 10.5 Å². The third-order valence-corrected chi connectivity index (χ3v) is 4.68. The number of aromatic nitrogens is 2. The Morgan fingerprint density at radius 1 is 1.12 bits per heavy atom. The van der Waals surface area contributed by atoms with Gasteiger partial charge in [0.15, 0.2) is 0 Å². The summed E-state index contributed by atoms with van der Waals surface area (Å²) in [4.78, 5) is 24.0. The second-order valence-corrected chi connectivity index (χ2v) is 6.33. The first-order valence-electron chi connectivity index (χ1n) is 8.96. The van der Waals surface area contributed by atoms with E-state index in [1.165, 1.54) is 0 Å². The number of imidazole rings is 1. The van der Waals surface area contributed by atoms with Crippen molar-refractivity contribution in [2.45, 2.75) is 6.92 Å². The minimum atomic E-state index is -0.219. The second kappa shape index (κ2) is 7.07. The van der Waals surface area contributed by atoms with Crippen LogP contribution in [0.3, 0.4) is 0 Å². The Hall–Kier alpha value is -3.02. The number of hydrogen-bond acceptors (Lipinski definition) is 4. The van der Waals surface area contributed by atoms with Gasteiger partial charge in [-0.05, 0) is 31.2 Å². The molecule has 1 amide bonds. The van der Waals surface area contributed by atoms with Crippen LogP contribution < -0.4 is 4.90 Å². The first-order chi connectivity index (χ1) is 12.7. The summed E-state index contributed by atoms with van der Waals surface area (Å²) in [6.07, 6.45) is -0.219. The predicted molar refractivity (Wildman–Crippen MR) is 102 cm³/mol. The lowest BCUT2D eigenvalue weighted by atomic mass is 10.1. The highest BCUT2D eigenvalue weighted by Gasteiger charge is 2.22. The molecule has 2 heterocycles. The molecule has 4 rings (SSSR count). The van der Waals surface area contributed by atoms with Crippen LogP contribution in [-0.4, -0.2) is 53.7 Å². The molecule has 6 heteroatoms. The fourth-order valence-corrected chi connectivity index (χ4v) is 3.30. The third kappa shape index (κ3) is 3.22. The highest BCUT2D eigenvalue weighted by atomic mass is 16.6. The molecule has 1 aromatic heterocycles. The molecule has 1 aliphatic rings. The molecule has 0 radical (unpaired) electrons. The summed E-state index contributed by atoms with van der Waals surface area (Å²) in [6.45, 7) is 5.18. The number of ether oxygens (including phenoxy) is 1. The zero-order valence-electron chi connectivity index (χ0n) is 14.8. The van der Waals surface area contributed by atoms with Crippen molar-refractivity contribution in [3.05, 3.63) is 48.5 Å². The van der Waals surface area contributed by atoms with E-state index in [0.29, 0.717) is 19.7 Å². The molecule has 0 aliphatic carbocycles. The Balaban J connectivity index is 1.51. The molecule has 0 atom stereocenters. The fourth-order valence-electron chi connectivity index (χ4n) is 3.30. The quantitative estimate of drug-likeness (QED) is 0.785. The number of benzene rings is 2. The Bertz CT molecular complexity index is 880. The summed E-state index contributed by atoms with van der Waals surface area (Å²) in [5, 5.41) is 0. The summed E-state index contributed by atoms with van der Waals surface area (Å²) in [7, 11) is 0. The number of fused-ring (bicyclic) bond motifs is 1. The highest BCUT2D eigenvalue weighted by Crippen LogP contribution is 2.25. The van der Waals surface area contributed by atoms with Gasteiger partial charge in [-0.2, -0.15) is 0 Å². The minimum absolute atomic E-state index is 0.219. The number of hydrogen-bond donors (Lipinski definition) is 1.